The van der Waals surface area contributed by atoms with Crippen molar-refractivity contribution in [2.75, 3.05) is 34.2 Å². The molecule has 0 saturated heterocycles. The molecule has 3 aliphatic rings. The summed E-state index contributed by atoms with van der Waals surface area (Å²) < 4.78 is 0. The van der Waals surface area contributed by atoms with Gasteiger partial charge in [-0.1, -0.05) is 6.08 Å². The van der Waals surface area contributed by atoms with Gasteiger partial charge in [-0.15, -0.1) is 0 Å². The molecule has 0 unspecified atom stereocenters. The first-order valence-corrected chi connectivity index (χ1v) is 9.95. The van der Waals surface area contributed by atoms with Crippen molar-refractivity contribution in [3.63, 3.8) is 0 Å². The minimum absolute atomic E-state index is 0.0366. The molecule has 0 atom stereocenters. The van der Waals surface area contributed by atoms with Gasteiger partial charge >= 0.3 is 0 Å². The van der Waals surface area contributed by atoms with Crippen molar-refractivity contribution in [2.45, 2.75) is 12.8 Å². The number of amides is 1. The predicted octanol–water partition coefficient (Wildman–Crippen LogP) is 0.386. The molecular weight excluding hydrogens is 380 g/mol. The molecule has 1 aromatic carbocycles. The monoisotopic (exact) mass is 404 g/mol. The second kappa shape index (κ2) is 7.93. The predicted molar refractivity (Wildman–Crippen MR) is 115 cm³/mol. The summed E-state index contributed by atoms with van der Waals surface area (Å²) in [6.45, 7) is 1.35. The molecule has 154 valence electrons. The molecule has 2 aliphatic heterocycles. The maximum Gasteiger partial charge on any atom is 0.274 e. The van der Waals surface area contributed by atoms with E-state index in [9.17, 15) is 14.7 Å². The Morgan fingerprint density at radius 1 is 1.10 bits per heavy atom. The number of nitrogens with one attached hydrogen (secondary N) is 1. The average molecular weight is 404 g/mol. The molecule has 0 saturated carbocycles. The first-order valence-electron chi connectivity index (χ1n) is 9.95. The number of phenolic OH excluding ortho intramolecular Hbond substituents is 1. The summed E-state index contributed by atoms with van der Waals surface area (Å²) in [6, 6.07) is 3.31. The van der Waals surface area contributed by atoms with Crippen molar-refractivity contribution in [3.8, 4) is 5.75 Å². The minimum atomic E-state index is -0.327. The number of carbonyl (C=O) groups excluding carboxylic acids is 2. The maximum atomic E-state index is 12.6. The van der Waals surface area contributed by atoms with Crippen LogP contribution in [0.15, 0.2) is 57.2 Å². The van der Waals surface area contributed by atoms with Crippen molar-refractivity contribution in [1.29, 1.82) is 0 Å². The van der Waals surface area contributed by atoms with Crippen LogP contribution in [0.2, 0.25) is 0 Å². The minimum Gasteiger partial charge on any atom is -0.507 e. The molecular formula is C23H24N4O3. The van der Waals surface area contributed by atoms with Gasteiger partial charge in [0.25, 0.3) is 5.91 Å². The Balaban J connectivity index is 1.90. The lowest BCUT2D eigenvalue weighted by Crippen LogP contribution is -2.31. The summed E-state index contributed by atoms with van der Waals surface area (Å²) in [5.41, 5.74) is 3.89. The van der Waals surface area contributed by atoms with Crippen LogP contribution in [0, 0.1) is 0 Å². The second-order valence-corrected chi connectivity index (χ2v) is 7.75. The van der Waals surface area contributed by atoms with E-state index in [1.165, 1.54) is 0 Å². The fourth-order valence-electron chi connectivity index (χ4n) is 3.97. The van der Waals surface area contributed by atoms with E-state index in [2.05, 4.69) is 10.3 Å². The zero-order valence-electron chi connectivity index (χ0n) is 17.3. The quantitative estimate of drug-likeness (QED) is 0.686. The molecule has 30 heavy (non-hydrogen) atoms. The summed E-state index contributed by atoms with van der Waals surface area (Å²) in [7, 11) is 5.72. The van der Waals surface area contributed by atoms with Gasteiger partial charge in [-0.05, 0) is 70.4 Å². The van der Waals surface area contributed by atoms with E-state index in [0.29, 0.717) is 64.6 Å². The van der Waals surface area contributed by atoms with Gasteiger partial charge in [0.1, 0.15) is 5.75 Å². The summed E-state index contributed by atoms with van der Waals surface area (Å²) in [5.74, 6) is -0.361. The Labute approximate surface area is 174 Å². The van der Waals surface area contributed by atoms with Gasteiger partial charge in [0.15, 0.2) is 5.78 Å². The Bertz CT molecular complexity index is 1200. The van der Waals surface area contributed by atoms with Crippen LogP contribution in [0.5, 0.6) is 5.75 Å². The number of benzene rings is 1. The molecule has 4 rings (SSSR count). The van der Waals surface area contributed by atoms with Crippen LogP contribution < -0.4 is 15.9 Å². The SMILES string of the molecule is CNCCC1=C2C(=O)C=CC=C2N=C1c1ccc(O)c2c1=NC(=O)C=2CCN(C)C. The molecule has 0 aromatic heterocycles. The largest absolute Gasteiger partial charge is 0.507 e. The third kappa shape index (κ3) is 3.36. The lowest BCUT2D eigenvalue weighted by Gasteiger charge is -2.11. The lowest BCUT2D eigenvalue weighted by atomic mass is 9.92. The number of aliphatic imine (C=N–C) groups is 1. The van der Waals surface area contributed by atoms with Crippen LogP contribution in [0.3, 0.4) is 0 Å². The fourth-order valence-corrected chi connectivity index (χ4v) is 3.97. The molecule has 0 radical (unpaired) electrons. The molecule has 0 bridgehead atoms. The Hall–Kier alpha value is -3.16. The number of ketones is 1. The molecule has 2 heterocycles. The summed E-state index contributed by atoms with van der Waals surface area (Å²) in [5, 5.41) is 14.6. The van der Waals surface area contributed by atoms with E-state index in [0.717, 1.165) is 5.57 Å². The number of hydrogen-bond acceptors (Lipinski definition) is 6. The summed E-state index contributed by atoms with van der Waals surface area (Å²) in [6.07, 6.45) is 6.17. The van der Waals surface area contributed by atoms with Crippen LogP contribution in [-0.2, 0) is 9.59 Å². The second-order valence-electron chi connectivity index (χ2n) is 7.75. The molecule has 1 amide bonds. The van der Waals surface area contributed by atoms with Gasteiger partial charge < -0.3 is 15.3 Å². The highest BCUT2D eigenvalue weighted by atomic mass is 16.3. The molecule has 7 heteroatoms. The molecule has 1 aromatic rings. The van der Waals surface area contributed by atoms with E-state index >= 15 is 0 Å². The van der Waals surface area contributed by atoms with Crippen molar-refractivity contribution in [2.24, 2.45) is 9.98 Å². The van der Waals surface area contributed by atoms with E-state index in [1.54, 1.807) is 24.3 Å². The van der Waals surface area contributed by atoms with Crippen LogP contribution >= 0.6 is 0 Å². The van der Waals surface area contributed by atoms with Gasteiger partial charge in [0.2, 0.25) is 0 Å². The highest BCUT2D eigenvalue weighted by molar-refractivity contribution is 6.25. The fraction of sp³-hybridized carbons (Fsp3) is 0.304. The van der Waals surface area contributed by atoms with Crippen molar-refractivity contribution >= 4 is 23.0 Å². The first-order chi connectivity index (χ1) is 14.4. The number of fused-ring (bicyclic) bond motifs is 2. The zero-order valence-corrected chi connectivity index (χ0v) is 17.3. The number of phenols is 1. The van der Waals surface area contributed by atoms with Crippen molar-refractivity contribution in [1.82, 2.24) is 10.2 Å². The number of hydrogen-bond donors (Lipinski definition) is 2. The van der Waals surface area contributed by atoms with Crippen LogP contribution in [-0.4, -0.2) is 61.6 Å². The summed E-state index contributed by atoms with van der Waals surface area (Å²) >= 11 is 0. The molecule has 2 N–H and O–H groups in total. The van der Waals surface area contributed by atoms with E-state index in [-0.39, 0.29) is 17.4 Å². The Morgan fingerprint density at radius 3 is 2.63 bits per heavy atom. The Morgan fingerprint density at radius 2 is 1.90 bits per heavy atom. The van der Waals surface area contributed by atoms with E-state index in [1.807, 2.05) is 32.1 Å². The van der Waals surface area contributed by atoms with Gasteiger partial charge in [0, 0.05) is 17.7 Å². The molecule has 0 spiro atoms. The smallest absolute Gasteiger partial charge is 0.274 e. The van der Waals surface area contributed by atoms with Gasteiger partial charge in [-0.3, -0.25) is 9.59 Å². The van der Waals surface area contributed by atoms with Gasteiger partial charge in [-0.25, -0.2) is 9.98 Å². The van der Waals surface area contributed by atoms with E-state index < -0.39 is 0 Å². The summed E-state index contributed by atoms with van der Waals surface area (Å²) in [4.78, 5) is 36.2. The maximum absolute atomic E-state index is 12.6. The molecule has 0 fully saturated rings. The molecule has 1 aliphatic carbocycles. The van der Waals surface area contributed by atoms with Crippen LogP contribution in [0.4, 0.5) is 0 Å². The average Bonchev–Trinajstić information content (AvgIpc) is 3.24. The standard InChI is InChI=1S/C23H24N4O3/c1-24-11-9-13-19-16(5-4-6-17(19)28)25-21(13)15-7-8-18(29)20-14(10-12-27(2)3)23(30)26-22(15)20/h4-8,24,29H,9-12H2,1-3H3. The Kier molecular flexibility index (Phi) is 5.32. The third-order valence-corrected chi connectivity index (χ3v) is 5.44. The lowest BCUT2D eigenvalue weighted by molar-refractivity contribution is -0.113. The van der Waals surface area contributed by atoms with Crippen molar-refractivity contribution < 1.29 is 14.7 Å². The molecule has 7 nitrogen and oxygen atoms in total. The normalized spacial score (nSPS) is 17.4. The first kappa shape index (κ1) is 20.1. The van der Waals surface area contributed by atoms with Crippen molar-refractivity contribution in [3.05, 3.63) is 63.3 Å². The van der Waals surface area contributed by atoms with Crippen LogP contribution in [0.1, 0.15) is 18.4 Å². The third-order valence-electron chi connectivity index (χ3n) is 5.44. The highest BCUT2D eigenvalue weighted by Crippen LogP contribution is 2.32. The highest BCUT2D eigenvalue weighted by Gasteiger charge is 2.31. The number of nitrogens with zero attached hydrogens (tertiary/aromatic N) is 3. The van der Waals surface area contributed by atoms with Gasteiger partial charge in [-0.2, -0.15) is 0 Å². The van der Waals surface area contributed by atoms with Crippen LogP contribution in [0.25, 0.3) is 5.57 Å². The number of allylic oxidation sites excluding steroid dienone is 4. The number of rotatable bonds is 7. The topological polar surface area (TPSA) is 94.4 Å². The number of aromatic hydroxyl groups is 1. The zero-order chi connectivity index (χ0) is 21.4. The van der Waals surface area contributed by atoms with Gasteiger partial charge in [0.05, 0.1) is 27.6 Å². The van der Waals surface area contributed by atoms with E-state index in [4.69, 9.17) is 4.99 Å². The number of carbonyl (C=O) groups is 2.